The fourth-order valence-corrected chi connectivity index (χ4v) is 8.96. The summed E-state index contributed by atoms with van der Waals surface area (Å²) in [5, 5.41) is 20.1. The number of carbonyl (C=O) groups is 2. The number of hydrogen-bond acceptors (Lipinski definition) is 7. The van der Waals surface area contributed by atoms with Crippen molar-refractivity contribution in [3.63, 3.8) is 0 Å². The Kier molecular flexibility index (Phi) is 5.55. The number of hydrogen-bond donors (Lipinski definition) is 1. The van der Waals surface area contributed by atoms with Crippen LogP contribution in [-0.4, -0.2) is 75.4 Å². The minimum atomic E-state index is -0.745. The van der Waals surface area contributed by atoms with Crippen molar-refractivity contribution < 1.29 is 24.2 Å². The Morgan fingerprint density at radius 2 is 1.84 bits per heavy atom. The average Bonchev–Trinajstić information content (AvgIpc) is 3.29. The topological polar surface area (TPSA) is 107 Å². The van der Waals surface area contributed by atoms with Gasteiger partial charge in [-0.2, -0.15) is 0 Å². The lowest BCUT2D eigenvalue weighted by Gasteiger charge is -2.68. The van der Waals surface area contributed by atoms with Crippen LogP contribution in [-0.2, 0) is 20.7 Å². The summed E-state index contributed by atoms with van der Waals surface area (Å²) >= 11 is 0. The molecule has 5 aliphatic rings. The van der Waals surface area contributed by atoms with Crippen LogP contribution in [0.1, 0.15) is 68.4 Å². The van der Waals surface area contributed by atoms with E-state index in [2.05, 4.69) is 24.2 Å². The summed E-state index contributed by atoms with van der Waals surface area (Å²) in [7, 11) is 1.35. The van der Waals surface area contributed by atoms with Crippen LogP contribution >= 0.6 is 0 Å². The first-order chi connectivity index (χ1) is 17.6. The first kappa shape index (κ1) is 24.6. The number of benzene rings is 1. The van der Waals surface area contributed by atoms with E-state index in [1.54, 1.807) is 29.1 Å². The fraction of sp³-hybridized carbons (Fsp3) is 0.643. The molecule has 37 heavy (non-hydrogen) atoms. The zero-order valence-electron chi connectivity index (χ0n) is 21.9. The molecule has 2 aromatic rings. The van der Waals surface area contributed by atoms with Crippen molar-refractivity contribution in [2.75, 3.05) is 26.9 Å². The molecule has 9 heteroatoms. The predicted molar refractivity (Wildman–Crippen MR) is 134 cm³/mol. The van der Waals surface area contributed by atoms with Crippen LogP contribution in [0.2, 0.25) is 0 Å². The predicted octanol–water partition coefficient (Wildman–Crippen LogP) is 2.94. The highest BCUT2D eigenvalue weighted by Gasteiger charge is 2.68. The molecule has 7 rings (SSSR count). The summed E-state index contributed by atoms with van der Waals surface area (Å²) in [6.07, 6.45) is 7.24. The van der Waals surface area contributed by atoms with Gasteiger partial charge in [-0.05, 0) is 61.5 Å². The summed E-state index contributed by atoms with van der Waals surface area (Å²) in [5.41, 5.74) is 0.461. The Labute approximate surface area is 217 Å². The lowest BCUT2D eigenvalue weighted by Crippen LogP contribution is -2.67. The third-order valence-electron chi connectivity index (χ3n) is 9.05. The Morgan fingerprint density at radius 1 is 1.11 bits per heavy atom. The first-order valence-corrected chi connectivity index (χ1v) is 13.3. The molecule has 3 atom stereocenters. The van der Waals surface area contributed by atoms with Gasteiger partial charge in [-0.1, -0.05) is 31.2 Å². The Hall–Kier alpha value is -2.78. The van der Waals surface area contributed by atoms with E-state index in [1.807, 2.05) is 11.0 Å². The van der Waals surface area contributed by atoms with Gasteiger partial charge < -0.3 is 19.5 Å². The summed E-state index contributed by atoms with van der Waals surface area (Å²) in [6.45, 7) is 6.01. The second kappa shape index (κ2) is 8.36. The highest BCUT2D eigenvalue weighted by atomic mass is 16.5. The molecule has 1 aliphatic heterocycles. The largest absolute Gasteiger partial charge is 0.465 e. The number of methoxy groups -OCH3 is 1. The molecule has 1 amide bonds. The minimum Gasteiger partial charge on any atom is -0.465 e. The molecule has 1 N–H and O–H groups in total. The minimum absolute atomic E-state index is 0.00537. The summed E-state index contributed by atoms with van der Waals surface area (Å²) in [6, 6.07) is 6.93. The molecule has 4 aliphatic carbocycles. The number of para-hydroxylation sites is 1. The first-order valence-electron chi connectivity index (χ1n) is 13.3. The maximum absolute atomic E-state index is 14.3. The monoisotopic (exact) mass is 508 g/mol. The second-order valence-electron chi connectivity index (χ2n) is 12.8. The van der Waals surface area contributed by atoms with Crippen LogP contribution in [0.15, 0.2) is 30.5 Å². The van der Waals surface area contributed by atoms with E-state index >= 15 is 0 Å². The van der Waals surface area contributed by atoms with E-state index in [0.29, 0.717) is 43.9 Å². The van der Waals surface area contributed by atoms with Gasteiger partial charge in [-0.3, -0.25) is 4.79 Å². The number of morpholine rings is 1. The van der Waals surface area contributed by atoms with E-state index in [-0.39, 0.29) is 22.8 Å². The molecule has 9 nitrogen and oxygen atoms in total. The van der Waals surface area contributed by atoms with E-state index in [1.165, 1.54) is 7.11 Å². The molecule has 0 radical (unpaired) electrons. The highest BCUT2D eigenvalue weighted by Crippen LogP contribution is 2.71. The van der Waals surface area contributed by atoms with Crippen molar-refractivity contribution >= 4 is 11.9 Å². The molecule has 4 bridgehead atoms. The molecule has 3 unspecified atom stereocenters. The van der Waals surface area contributed by atoms with Gasteiger partial charge in [-0.25, -0.2) is 9.48 Å². The van der Waals surface area contributed by atoms with Gasteiger partial charge >= 0.3 is 5.97 Å². The summed E-state index contributed by atoms with van der Waals surface area (Å²) in [4.78, 5) is 28.5. The number of ether oxygens (including phenoxy) is 2. The molecule has 1 saturated heterocycles. The number of esters is 1. The Morgan fingerprint density at radius 3 is 2.54 bits per heavy atom. The van der Waals surface area contributed by atoms with Crippen molar-refractivity contribution in [3.05, 3.63) is 41.7 Å². The molecular formula is C28H36N4O5. The van der Waals surface area contributed by atoms with Gasteiger partial charge in [0.2, 0.25) is 5.91 Å². The van der Waals surface area contributed by atoms with Crippen molar-refractivity contribution in [2.45, 2.75) is 70.4 Å². The summed E-state index contributed by atoms with van der Waals surface area (Å²) < 4.78 is 12.3. The molecule has 1 aromatic heterocycles. The number of aliphatic hydroxyl groups is 1. The smallest absolute Gasteiger partial charge is 0.340 e. The highest BCUT2D eigenvalue weighted by molar-refractivity contribution is 5.93. The van der Waals surface area contributed by atoms with Gasteiger partial charge in [0, 0.05) is 13.0 Å². The standard InChI is InChI=1S/C28H36N4O5/c1-25-13-26(2)15-27(14-25,18-28(35,16-25)17-26)24(34)31-8-9-37-12-20(31)10-19-11-32(30-29-19)22-7-5-4-6-21(22)23(33)36-3/h4-7,11,20,35H,8-10,12-18H2,1-3H3. The van der Waals surface area contributed by atoms with E-state index in [4.69, 9.17) is 9.47 Å². The van der Waals surface area contributed by atoms with Crippen molar-refractivity contribution in [1.82, 2.24) is 19.9 Å². The molecule has 1 aromatic carbocycles. The number of aromatic nitrogens is 3. The molecule has 198 valence electrons. The van der Waals surface area contributed by atoms with Crippen LogP contribution in [0.5, 0.6) is 0 Å². The van der Waals surface area contributed by atoms with Crippen molar-refractivity contribution in [3.8, 4) is 5.69 Å². The van der Waals surface area contributed by atoms with Crippen LogP contribution in [0, 0.1) is 16.2 Å². The fourth-order valence-electron chi connectivity index (χ4n) is 8.96. The Balaban J connectivity index is 1.25. The van der Waals surface area contributed by atoms with Crippen LogP contribution in [0.4, 0.5) is 0 Å². The van der Waals surface area contributed by atoms with Gasteiger partial charge in [0.05, 0.1) is 60.5 Å². The quantitative estimate of drug-likeness (QED) is 0.619. The zero-order valence-corrected chi connectivity index (χ0v) is 21.9. The molecule has 2 heterocycles. The average molecular weight is 509 g/mol. The van der Waals surface area contributed by atoms with Crippen LogP contribution < -0.4 is 0 Å². The molecule has 5 fully saturated rings. The van der Waals surface area contributed by atoms with E-state index < -0.39 is 17.0 Å². The number of amides is 1. The Bertz CT molecular complexity index is 1190. The number of nitrogens with zero attached hydrogens (tertiary/aromatic N) is 4. The number of carbonyl (C=O) groups excluding carboxylic acids is 2. The molecular weight excluding hydrogens is 472 g/mol. The normalized spacial score (nSPS) is 36.5. The van der Waals surface area contributed by atoms with E-state index in [0.717, 1.165) is 37.8 Å². The lowest BCUT2D eigenvalue weighted by atomic mass is 9.38. The van der Waals surface area contributed by atoms with Gasteiger partial charge in [-0.15, -0.1) is 5.10 Å². The van der Waals surface area contributed by atoms with Gasteiger partial charge in [0.1, 0.15) is 0 Å². The lowest BCUT2D eigenvalue weighted by molar-refractivity contribution is -0.230. The number of rotatable bonds is 5. The van der Waals surface area contributed by atoms with Gasteiger partial charge in [0.25, 0.3) is 0 Å². The van der Waals surface area contributed by atoms with Crippen molar-refractivity contribution in [1.29, 1.82) is 0 Å². The second-order valence-corrected chi connectivity index (χ2v) is 12.8. The molecule has 4 saturated carbocycles. The van der Waals surface area contributed by atoms with E-state index in [9.17, 15) is 14.7 Å². The maximum Gasteiger partial charge on any atom is 0.340 e. The van der Waals surface area contributed by atoms with Crippen molar-refractivity contribution in [2.24, 2.45) is 16.2 Å². The van der Waals surface area contributed by atoms with Crippen LogP contribution in [0.25, 0.3) is 5.69 Å². The summed E-state index contributed by atoms with van der Waals surface area (Å²) in [5.74, 6) is -0.274. The third kappa shape index (κ3) is 4.16. The maximum atomic E-state index is 14.3. The third-order valence-corrected chi connectivity index (χ3v) is 9.05. The van der Waals surface area contributed by atoms with Crippen LogP contribution in [0.3, 0.4) is 0 Å². The molecule has 0 spiro atoms. The van der Waals surface area contributed by atoms with Gasteiger partial charge in [0.15, 0.2) is 0 Å². The zero-order chi connectivity index (χ0) is 26.1. The SMILES string of the molecule is COC(=O)c1ccccc1-n1cc(CC2COCCN2C(=O)C23CC4(C)CC(C)(CC(O)(C4)C2)C3)nn1.